The predicted molar refractivity (Wildman–Crippen MR) is 69.5 cm³/mol. The highest BCUT2D eigenvalue weighted by Crippen LogP contribution is 2.44. The summed E-state index contributed by atoms with van der Waals surface area (Å²) in [6.07, 6.45) is 0. The molecule has 2 heterocycles. The molecule has 0 aliphatic carbocycles. The van der Waals surface area contributed by atoms with Crippen LogP contribution >= 0.6 is 45.9 Å². The van der Waals surface area contributed by atoms with Crippen LogP contribution in [-0.4, -0.2) is 10.2 Å². The van der Waals surface area contributed by atoms with Crippen LogP contribution in [0.1, 0.15) is 9.75 Å². The fourth-order valence-corrected chi connectivity index (χ4v) is 3.83. The van der Waals surface area contributed by atoms with Crippen molar-refractivity contribution in [3.8, 4) is 11.1 Å². The molecule has 0 aliphatic heterocycles. The summed E-state index contributed by atoms with van der Waals surface area (Å²) in [6, 6.07) is 0. The highest BCUT2D eigenvalue weighted by atomic mass is 35.5. The van der Waals surface area contributed by atoms with Crippen LogP contribution in [0.25, 0.3) is 11.1 Å². The standard InChI is InChI=1S/C10H8Cl2O2S2/c11-5-3-15-7(1-13)9(5)10-6(12)4-16-8(10)2-14/h3-4,13-14H,1-2H2. The van der Waals surface area contributed by atoms with Gasteiger partial charge >= 0.3 is 0 Å². The molecule has 0 aromatic carbocycles. The Labute approximate surface area is 111 Å². The Morgan fingerprint density at radius 2 is 1.25 bits per heavy atom. The highest BCUT2D eigenvalue weighted by Gasteiger charge is 2.19. The number of thiophene rings is 2. The van der Waals surface area contributed by atoms with Gasteiger partial charge in [-0.05, 0) is 0 Å². The van der Waals surface area contributed by atoms with E-state index in [0.717, 1.165) is 20.9 Å². The lowest BCUT2D eigenvalue weighted by molar-refractivity contribution is 0.284. The number of aliphatic hydroxyl groups excluding tert-OH is 2. The second kappa shape index (κ2) is 5.04. The Morgan fingerprint density at radius 1 is 0.875 bits per heavy atom. The van der Waals surface area contributed by atoms with Crippen molar-refractivity contribution < 1.29 is 10.2 Å². The Kier molecular flexibility index (Phi) is 3.89. The van der Waals surface area contributed by atoms with Crippen LogP contribution in [0.3, 0.4) is 0 Å². The SMILES string of the molecule is OCc1scc(Cl)c1-c1c(Cl)csc1CO. The van der Waals surface area contributed by atoms with Crippen molar-refractivity contribution in [2.24, 2.45) is 0 Å². The molecule has 2 aromatic rings. The Morgan fingerprint density at radius 3 is 1.56 bits per heavy atom. The summed E-state index contributed by atoms with van der Waals surface area (Å²) in [6.45, 7) is -0.159. The lowest BCUT2D eigenvalue weighted by Gasteiger charge is -2.04. The van der Waals surface area contributed by atoms with Gasteiger partial charge in [-0.1, -0.05) is 23.2 Å². The first-order valence-corrected chi connectivity index (χ1v) is 6.94. The van der Waals surface area contributed by atoms with Gasteiger partial charge < -0.3 is 10.2 Å². The highest BCUT2D eigenvalue weighted by molar-refractivity contribution is 7.12. The molecule has 0 bridgehead atoms. The normalized spacial score (nSPS) is 11.0. The van der Waals surface area contributed by atoms with Crippen LogP contribution in [0, 0.1) is 0 Å². The van der Waals surface area contributed by atoms with Crippen LogP contribution in [0.2, 0.25) is 10.0 Å². The first-order chi connectivity index (χ1) is 7.69. The molecule has 0 saturated heterocycles. The first-order valence-electron chi connectivity index (χ1n) is 4.42. The van der Waals surface area contributed by atoms with Crippen molar-refractivity contribution in [1.82, 2.24) is 0 Å². The maximum Gasteiger partial charge on any atom is 0.0781 e. The lowest BCUT2D eigenvalue weighted by Crippen LogP contribution is -1.87. The zero-order valence-electron chi connectivity index (χ0n) is 8.04. The van der Waals surface area contributed by atoms with Gasteiger partial charge in [-0.15, -0.1) is 22.7 Å². The van der Waals surface area contributed by atoms with Gasteiger partial charge in [-0.2, -0.15) is 0 Å². The number of aliphatic hydroxyl groups is 2. The van der Waals surface area contributed by atoms with Gasteiger partial charge in [0, 0.05) is 31.6 Å². The quantitative estimate of drug-likeness (QED) is 0.905. The zero-order valence-corrected chi connectivity index (χ0v) is 11.2. The van der Waals surface area contributed by atoms with Gasteiger partial charge in [0.2, 0.25) is 0 Å². The van der Waals surface area contributed by atoms with Crippen molar-refractivity contribution in [1.29, 1.82) is 0 Å². The Balaban J connectivity index is 2.65. The molecule has 6 heteroatoms. The minimum absolute atomic E-state index is 0.0796. The molecule has 0 atom stereocenters. The molecule has 0 spiro atoms. The van der Waals surface area contributed by atoms with Crippen LogP contribution in [0.5, 0.6) is 0 Å². The van der Waals surface area contributed by atoms with Crippen molar-refractivity contribution in [3.63, 3.8) is 0 Å². The minimum Gasteiger partial charge on any atom is -0.391 e. The predicted octanol–water partition coefficient (Wildman–Crippen LogP) is 3.77. The summed E-state index contributed by atoms with van der Waals surface area (Å²) < 4.78 is 0. The maximum absolute atomic E-state index is 9.23. The number of halogens is 2. The smallest absolute Gasteiger partial charge is 0.0781 e. The summed E-state index contributed by atoms with van der Waals surface area (Å²) in [4.78, 5) is 1.53. The molecule has 86 valence electrons. The second-order valence-corrected chi connectivity index (χ2v) is 5.82. The summed E-state index contributed by atoms with van der Waals surface area (Å²) in [5.41, 5.74) is 1.48. The molecular formula is C10H8Cl2O2S2. The van der Waals surface area contributed by atoms with E-state index >= 15 is 0 Å². The van der Waals surface area contributed by atoms with Gasteiger partial charge in [0.15, 0.2) is 0 Å². The van der Waals surface area contributed by atoms with Gasteiger partial charge in [-0.25, -0.2) is 0 Å². The third-order valence-electron chi connectivity index (χ3n) is 2.18. The fourth-order valence-electron chi connectivity index (χ4n) is 1.50. The second-order valence-electron chi connectivity index (χ2n) is 3.08. The number of hydrogen-bond acceptors (Lipinski definition) is 4. The van der Waals surface area contributed by atoms with Crippen LogP contribution in [-0.2, 0) is 13.2 Å². The van der Waals surface area contributed by atoms with E-state index < -0.39 is 0 Å². The van der Waals surface area contributed by atoms with Gasteiger partial charge in [0.1, 0.15) is 0 Å². The van der Waals surface area contributed by atoms with E-state index in [0.29, 0.717) is 10.0 Å². The fraction of sp³-hybridized carbons (Fsp3) is 0.200. The summed E-state index contributed by atoms with van der Waals surface area (Å²) in [7, 11) is 0. The van der Waals surface area contributed by atoms with Crippen molar-refractivity contribution >= 4 is 45.9 Å². The van der Waals surface area contributed by atoms with Gasteiger partial charge in [0.25, 0.3) is 0 Å². The zero-order chi connectivity index (χ0) is 11.7. The van der Waals surface area contributed by atoms with E-state index in [1.54, 1.807) is 10.8 Å². The average Bonchev–Trinajstić information content (AvgIpc) is 2.81. The van der Waals surface area contributed by atoms with Crippen LogP contribution in [0.15, 0.2) is 10.8 Å². The lowest BCUT2D eigenvalue weighted by atomic mass is 10.1. The molecule has 0 radical (unpaired) electrons. The largest absolute Gasteiger partial charge is 0.391 e. The Hall–Kier alpha value is -0.100. The first kappa shape index (κ1) is 12.4. The van der Waals surface area contributed by atoms with E-state index in [1.165, 1.54) is 22.7 Å². The molecule has 0 unspecified atom stereocenters. The topological polar surface area (TPSA) is 40.5 Å². The van der Waals surface area contributed by atoms with Crippen molar-refractivity contribution in [3.05, 3.63) is 30.6 Å². The average molecular weight is 295 g/mol. The molecule has 0 aliphatic rings. The Bertz CT molecular complexity index is 459. The van der Waals surface area contributed by atoms with Crippen molar-refractivity contribution in [2.75, 3.05) is 0 Å². The van der Waals surface area contributed by atoms with E-state index in [9.17, 15) is 10.2 Å². The molecule has 2 aromatic heterocycles. The van der Waals surface area contributed by atoms with Gasteiger partial charge in [-0.3, -0.25) is 0 Å². The molecule has 0 amide bonds. The monoisotopic (exact) mass is 294 g/mol. The molecule has 0 saturated carbocycles. The molecule has 2 nitrogen and oxygen atoms in total. The third kappa shape index (κ3) is 2.01. The molecule has 2 rings (SSSR count). The van der Waals surface area contributed by atoms with E-state index in [4.69, 9.17) is 23.2 Å². The van der Waals surface area contributed by atoms with Crippen LogP contribution < -0.4 is 0 Å². The van der Waals surface area contributed by atoms with Gasteiger partial charge in [0.05, 0.1) is 23.3 Å². The number of rotatable bonds is 3. The van der Waals surface area contributed by atoms with E-state index in [1.807, 2.05) is 0 Å². The molecule has 2 N–H and O–H groups in total. The maximum atomic E-state index is 9.23. The summed E-state index contributed by atoms with van der Waals surface area (Å²) in [5, 5.41) is 23.1. The van der Waals surface area contributed by atoms with Crippen LogP contribution in [0.4, 0.5) is 0 Å². The van der Waals surface area contributed by atoms with E-state index in [2.05, 4.69) is 0 Å². The summed E-state index contributed by atoms with van der Waals surface area (Å²) >= 11 is 14.9. The number of hydrogen-bond donors (Lipinski definition) is 2. The molecule has 16 heavy (non-hydrogen) atoms. The third-order valence-corrected chi connectivity index (χ3v) is 4.98. The van der Waals surface area contributed by atoms with E-state index in [-0.39, 0.29) is 13.2 Å². The molecule has 0 fully saturated rings. The van der Waals surface area contributed by atoms with Crippen molar-refractivity contribution in [2.45, 2.75) is 13.2 Å². The molecular weight excluding hydrogens is 287 g/mol. The minimum atomic E-state index is -0.0796. The summed E-state index contributed by atoms with van der Waals surface area (Å²) in [5.74, 6) is 0.